The fraction of sp³-hybridized carbons (Fsp3) is 1.00. The molecule has 1 aliphatic carbocycles. The van der Waals surface area contributed by atoms with Gasteiger partial charge in [-0.15, -0.1) is 0 Å². The van der Waals surface area contributed by atoms with E-state index in [1.54, 1.807) is 14.2 Å². The molecule has 1 rings (SSSR count). The van der Waals surface area contributed by atoms with E-state index >= 15 is 0 Å². The zero-order valence-corrected chi connectivity index (χ0v) is 11.7. The van der Waals surface area contributed by atoms with E-state index in [-0.39, 0.29) is 12.2 Å². The summed E-state index contributed by atoms with van der Waals surface area (Å²) in [7, 11) is 3.50. The van der Waals surface area contributed by atoms with Crippen molar-refractivity contribution in [3.8, 4) is 0 Å². The monoisotopic (exact) mass is 245 g/mol. The lowest BCUT2D eigenvalue weighted by Crippen LogP contribution is -2.63. The zero-order valence-electron chi connectivity index (χ0n) is 11.7. The van der Waals surface area contributed by atoms with Gasteiger partial charge in [-0.05, 0) is 19.3 Å². The molecule has 1 aliphatic rings. The van der Waals surface area contributed by atoms with E-state index in [0.717, 1.165) is 19.6 Å². The molecule has 0 bridgehead atoms. The van der Waals surface area contributed by atoms with Gasteiger partial charge in [0, 0.05) is 32.9 Å². The van der Waals surface area contributed by atoms with Crippen molar-refractivity contribution < 1.29 is 14.2 Å². The van der Waals surface area contributed by atoms with Crippen LogP contribution in [0.2, 0.25) is 0 Å². The molecule has 0 amide bonds. The fourth-order valence-corrected chi connectivity index (χ4v) is 2.33. The van der Waals surface area contributed by atoms with Crippen molar-refractivity contribution in [2.45, 2.75) is 51.5 Å². The van der Waals surface area contributed by atoms with Gasteiger partial charge in [-0.2, -0.15) is 0 Å². The highest BCUT2D eigenvalue weighted by Gasteiger charge is 2.43. The molecule has 4 atom stereocenters. The van der Waals surface area contributed by atoms with Crippen molar-refractivity contribution in [2.24, 2.45) is 5.92 Å². The molecular weight excluding hydrogens is 218 g/mol. The molecule has 0 heterocycles. The summed E-state index contributed by atoms with van der Waals surface area (Å²) in [5.41, 5.74) is 0. The van der Waals surface area contributed by atoms with E-state index in [2.05, 4.69) is 19.2 Å². The molecule has 4 nitrogen and oxygen atoms in total. The summed E-state index contributed by atoms with van der Waals surface area (Å²) >= 11 is 0. The minimum atomic E-state index is 0.174. The smallest absolute Gasteiger partial charge is 0.0986 e. The standard InChI is InChI=1S/C13H27NO3/c1-6-17-12-7-10(13(12)16-5)14-11(8-15-4)9(2)3/h9-14H,6-8H2,1-5H3. The minimum absolute atomic E-state index is 0.174. The summed E-state index contributed by atoms with van der Waals surface area (Å²) < 4.78 is 16.4. The maximum atomic E-state index is 5.62. The van der Waals surface area contributed by atoms with Gasteiger partial charge in [-0.25, -0.2) is 0 Å². The molecule has 0 aromatic heterocycles. The van der Waals surface area contributed by atoms with E-state index in [0.29, 0.717) is 18.0 Å². The van der Waals surface area contributed by atoms with E-state index in [1.807, 2.05) is 6.92 Å². The van der Waals surface area contributed by atoms with Gasteiger partial charge in [-0.1, -0.05) is 13.8 Å². The first-order valence-electron chi connectivity index (χ1n) is 6.53. The number of ether oxygens (including phenoxy) is 3. The van der Waals surface area contributed by atoms with E-state index in [1.165, 1.54) is 0 Å². The van der Waals surface area contributed by atoms with Crippen LogP contribution in [0.3, 0.4) is 0 Å². The predicted octanol–water partition coefficient (Wildman–Crippen LogP) is 1.44. The largest absolute Gasteiger partial charge is 0.383 e. The molecule has 4 unspecified atom stereocenters. The fourth-order valence-electron chi connectivity index (χ4n) is 2.33. The molecular formula is C13H27NO3. The summed E-state index contributed by atoms with van der Waals surface area (Å²) in [6.45, 7) is 7.93. The Labute approximate surface area is 105 Å². The number of rotatable bonds is 8. The average molecular weight is 245 g/mol. The van der Waals surface area contributed by atoms with Gasteiger partial charge in [0.15, 0.2) is 0 Å². The van der Waals surface area contributed by atoms with E-state index < -0.39 is 0 Å². The zero-order chi connectivity index (χ0) is 12.8. The molecule has 0 aromatic rings. The second-order valence-corrected chi connectivity index (χ2v) is 5.01. The van der Waals surface area contributed by atoms with Gasteiger partial charge >= 0.3 is 0 Å². The highest BCUT2D eigenvalue weighted by atomic mass is 16.5. The molecule has 1 fully saturated rings. The quantitative estimate of drug-likeness (QED) is 0.702. The summed E-state index contributed by atoms with van der Waals surface area (Å²) in [6, 6.07) is 0.768. The van der Waals surface area contributed by atoms with E-state index in [9.17, 15) is 0 Å². The molecule has 0 aliphatic heterocycles. The molecule has 102 valence electrons. The van der Waals surface area contributed by atoms with Crippen molar-refractivity contribution in [2.75, 3.05) is 27.4 Å². The van der Waals surface area contributed by atoms with Gasteiger partial charge < -0.3 is 19.5 Å². The first-order chi connectivity index (χ1) is 8.13. The molecule has 0 spiro atoms. The van der Waals surface area contributed by atoms with Crippen LogP contribution >= 0.6 is 0 Å². The second-order valence-electron chi connectivity index (χ2n) is 5.01. The van der Waals surface area contributed by atoms with Gasteiger partial charge in [0.2, 0.25) is 0 Å². The Morgan fingerprint density at radius 3 is 2.47 bits per heavy atom. The second kappa shape index (κ2) is 7.31. The molecule has 0 saturated heterocycles. The number of hydrogen-bond donors (Lipinski definition) is 1. The summed E-state index contributed by atoms with van der Waals surface area (Å²) in [5.74, 6) is 0.554. The number of hydrogen-bond acceptors (Lipinski definition) is 4. The Morgan fingerprint density at radius 2 is 2.00 bits per heavy atom. The van der Waals surface area contributed by atoms with Crippen LogP contribution in [0.15, 0.2) is 0 Å². The van der Waals surface area contributed by atoms with Crippen molar-refractivity contribution in [3.05, 3.63) is 0 Å². The Balaban J connectivity index is 2.40. The van der Waals surface area contributed by atoms with Crippen molar-refractivity contribution >= 4 is 0 Å². The first kappa shape index (κ1) is 14.9. The summed E-state index contributed by atoms with van der Waals surface area (Å²) in [4.78, 5) is 0. The van der Waals surface area contributed by atoms with Gasteiger partial charge in [-0.3, -0.25) is 0 Å². The van der Waals surface area contributed by atoms with Crippen molar-refractivity contribution in [1.82, 2.24) is 5.32 Å². The maximum Gasteiger partial charge on any atom is 0.0986 e. The number of methoxy groups -OCH3 is 2. The SMILES string of the molecule is CCOC1CC(NC(COC)C(C)C)C1OC. The van der Waals surface area contributed by atoms with Crippen molar-refractivity contribution in [3.63, 3.8) is 0 Å². The normalized spacial score (nSPS) is 30.4. The van der Waals surface area contributed by atoms with Crippen LogP contribution in [0.1, 0.15) is 27.2 Å². The van der Waals surface area contributed by atoms with Crippen LogP contribution in [-0.2, 0) is 14.2 Å². The Morgan fingerprint density at radius 1 is 1.29 bits per heavy atom. The van der Waals surface area contributed by atoms with Crippen molar-refractivity contribution in [1.29, 1.82) is 0 Å². The third-order valence-electron chi connectivity index (χ3n) is 3.48. The lowest BCUT2D eigenvalue weighted by atomic mass is 9.84. The highest BCUT2D eigenvalue weighted by Crippen LogP contribution is 2.27. The maximum absolute atomic E-state index is 5.62. The third-order valence-corrected chi connectivity index (χ3v) is 3.48. The van der Waals surface area contributed by atoms with Gasteiger partial charge in [0.1, 0.15) is 0 Å². The average Bonchev–Trinajstić information content (AvgIpc) is 2.26. The highest BCUT2D eigenvalue weighted by molar-refractivity contribution is 4.98. The minimum Gasteiger partial charge on any atom is -0.383 e. The first-order valence-corrected chi connectivity index (χ1v) is 6.53. The van der Waals surface area contributed by atoms with Crippen LogP contribution < -0.4 is 5.32 Å². The topological polar surface area (TPSA) is 39.7 Å². The molecule has 1 saturated carbocycles. The lowest BCUT2D eigenvalue weighted by molar-refractivity contribution is -0.135. The Kier molecular flexibility index (Phi) is 6.41. The summed E-state index contributed by atoms with van der Waals surface area (Å²) in [5, 5.41) is 3.61. The summed E-state index contributed by atoms with van der Waals surface area (Å²) in [6.07, 6.45) is 1.45. The van der Waals surface area contributed by atoms with Crippen LogP contribution in [0.25, 0.3) is 0 Å². The molecule has 17 heavy (non-hydrogen) atoms. The molecule has 1 N–H and O–H groups in total. The molecule has 0 aromatic carbocycles. The molecule has 4 heteroatoms. The Hall–Kier alpha value is -0.160. The van der Waals surface area contributed by atoms with Crippen LogP contribution in [0, 0.1) is 5.92 Å². The van der Waals surface area contributed by atoms with Gasteiger partial charge in [0.25, 0.3) is 0 Å². The van der Waals surface area contributed by atoms with Crippen LogP contribution in [0.4, 0.5) is 0 Å². The Bertz CT molecular complexity index is 211. The van der Waals surface area contributed by atoms with Gasteiger partial charge in [0.05, 0.1) is 18.8 Å². The van der Waals surface area contributed by atoms with Crippen LogP contribution in [-0.4, -0.2) is 51.7 Å². The van der Waals surface area contributed by atoms with E-state index in [4.69, 9.17) is 14.2 Å². The number of nitrogens with one attached hydrogen (secondary N) is 1. The molecule has 0 radical (unpaired) electrons. The lowest BCUT2D eigenvalue weighted by Gasteiger charge is -2.45. The third kappa shape index (κ3) is 3.91. The predicted molar refractivity (Wildman–Crippen MR) is 68.3 cm³/mol. The van der Waals surface area contributed by atoms with Crippen LogP contribution in [0.5, 0.6) is 0 Å².